The Morgan fingerprint density at radius 2 is 2.22 bits per heavy atom. The third kappa shape index (κ3) is 4.68. The summed E-state index contributed by atoms with van der Waals surface area (Å²) in [6.07, 6.45) is 4.33. The molecular formula is C20H17N3O8S. The van der Waals surface area contributed by atoms with Gasteiger partial charge in [0.15, 0.2) is 5.76 Å². The molecule has 32 heavy (non-hydrogen) atoms. The van der Waals surface area contributed by atoms with E-state index in [1.54, 1.807) is 13.0 Å². The van der Waals surface area contributed by atoms with Gasteiger partial charge in [0.05, 0.1) is 6.26 Å². The SMILES string of the molecule is CC#C/C=C/C1=C(C(=O)O)N2C(=O)[C@@H](NC(=O)/C(=N\OCC(=O)O)c3ccco3)[C@H]2SC1. The number of β-lactam (4-membered cyclic amide) rings is 1. The minimum absolute atomic E-state index is 0.00314. The van der Waals surface area contributed by atoms with Crippen LogP contribution in [0.5, 0.6) is 0 Å². The fourth-order valence-corrected chi connectivity index (χ4v) is 4.29. The quantitative estimate of drug-likeness (QED) is 0.216. The molecule has 1 fully saturated rings. The van der Waals surface area contributed by atoms with E-state index in [9.17, 15) is 24.3 Å². The number of carbonyl (C=O) groups is 4. The number of nitrogens with zero attached hydrogens (tertiary/aromatic N) is 2. The maximum atomic E-state index is 12.7. The first-order chi connectivity index (χ1) is 15.3. The van der Waals surface area contributed by atoms with Crippen molar-refractivity contribution in [3.05, 3.63) is 47.6 Å². The number of aliphatic carboxylic acids is 2. The van der Waals surface area contributed by atoms with Gasteiger partial charge in [-0.2, -0.15) is 0 Å². The van der Waals surface area contributed by atoms with Gasteiger partial charge in [-0.15, -0.1) is 17.7 Å². The molecule has 0 bridgehead atoms. The van der Waals surface area contributed by atoms with Gasteiger partial charge in [-0.3, -0.25) is 14.5 Å². The summed E-state index contributed by atoms with van der Waals surface area (Å²) in [5.41, 5.74) is -0.0956. The molecule has 0 spiro atoms. The maximum Gasteiger partial charge on any atom is 0.352 e. The Bertz CT molecular complexity index is 1090. The molecule has 1 saturated heterocycles. The summed E-state index contributed by atoms with van der Waals surface area (Å²) >= 11 is 1.28. The first kappa shape index (κ1) is 22.7. The fourth-order valence-electron chi connectivity index (χ4n) is 2.97. The number of carboxylic acids is 2. The van der Waals surface area contributed by atoms with Crippen LogP contribution in [0.25, 0.3) is 0 Å². The Morgan fingerprint density at radius 1 is 1.44 bits per heavy atom. The third-order valence-electron chi connectivity index (χ3n) is 4.31. The molecule has 0 radical (unpaired) electrons. The van der Waals surface area contributed by atoms with E-state index in [4.69, 9.17) is 9.52 Å². The van der Waals surface area contributed by atoms with Crippen molar-refractivity contribution >= 4 is 41.2 Å². The number of fused-ring (bicyclic) bond motifs is 1. The van der Waals surface area contributed by atoms with Gasteiger partial charge < -0.3 is 24.8 Å². The van der Waals surface area contributed by atoms with Crippen molar-refractivity contribution < 1.29 is 38.6 Å². The van der Waals surface area contributed by atoms with Gasteiger partial charge in [-0.1, -0.05) is 11.1 Å². The zero-order chi connectivity index (χ0) is 23.3. The van der Waals surface area contributed by atoms with Crippen LogP contribution in [-0.4, -0.2) is 68.4 Å². The van der Waals surface area contributed by atoms with Gasteiger partial charge in [0.1, 0.15) is 17.1 Å². The lowest BCUT2D eigenvalue weighted by Gasteiger charge is -2.49. The summed E-state index contributed by atoms with van der Waals surface area (Å²) in [5, 5.41) is 23.7. The molecule has 2 aliphatic rings. The largest absolute Gasteiger partial charge is 0.479 e. The standard InChI is InChI=1S/C20H17N3O8S/c1-2-3-4-6-11-10-32-19-15(18(27)23(19)16(11)20(28)29)21-17(26)14(12-7-5-8-30-12)22-31-9-13(24)25/h4-8,15,19H,9-10H2,1H3,(H,21,26)(H,24,25)(H,28,29)/b6-4+,22-14-/t15-,19-/m1/s1. The number of hydrogen-bond acceptors (Lipinski definition) is 8. The average Bonchev–Trinajstić information content (AvgIpc) is 3.28. The lowest BCUT2D eigenvalue weighted by atomic mass is 10.0. The summed E-state index contributed by atoms with van der Waals surface area (Å²) < 4.78 is 5.13. The lowest BCUT2D eigenvalue weighted by molar-refractivity contribution is -0.150. The highest BCUT2D eigenvalue weighted by atomic mass is 32.2. The molecule has 0 unspecified atom stereocenters. The molecule has 3 N–H and O–H groups in total. The highest BCUT2D eigenvalue weighted by Gasteiger charge is 2.54. The molecule has 1 aromatic rings. The Balaban J connectivity index is 1.78. The van der Waals surface area contributed by atoms with Crippen LogP contribution in [0.4, 0.5) is 0 Å². The minimum Gasteiger partial charge on any atom is -0.479 e. The monoisotopic (exact) mass is 459 g/mol. The number of oxime groups is 1. The second-order valence-corrected chi connectivity index (χ2v) is 7.46. The van der Waals surface area contributed by atoms with Gasteiger partial charge in [0, 0.05) is 5.75 Å². The first-order valence-corrected chi connectivity index (χ1v) is 10.2. The van der Waals surface area contributed by atoms with E-state index >= 15 is 0 Å². The van der Waals surface area contributed by atoms with Gasteiger partial charge in [0.25, 0.3) is 11.8 Å². The highest BCUT2D eigenvalue weighted by Crippen LogP contribution is 2.40. The highest BCUT2D eigenvalue weighted by molar-refractivity contribution is 8.00. The molecule has 3 rings (SSSR count). The molecule has 0 saturated carbocycles. The Kier molecular flexibility index (Phi) is 7.01. The van der Waals surface area contributed by atoms with Crippen molar-refractivity contribution in [3.63, 3.8) is 0 Å². The molecular weight excluding hydrogens is 442 g/mol. The number of carbonyl (C=O) groups excluding carboxylic acids is 2. The summed E-state index contributed by atoms with van der Waals surface area (Å²) in [4.78, 5) is 53.6. The van der Waals surface area contributed by atoms with Gasteiger partial charge >= 0.3 is 11.9 Å². The van der Waals surface area contributed by atoms with E-state index in [1.165, 1.54) is 36.2 Å². The number of hydrogen-bond donors (Lipinski definition) is 3. The van der Waals surface area contributed by atoms with Crippen LogP contribution in [0.3, 0.4) is 0 Å². The number of rotatable bonds is 8. The maximum absolute atomic E-state index is 12.7. The van der Waals surface area contributed by atoms with E-state index in [2.05, 4.69) is 27.2 Å². The van der Waals surface area contributed by atoms with Gasteiger partial charge in [-0.25, -0.2) is 9.59 Å². The molecule has 2 atom stereocenters. The Morgan fingerprint density at radius 3 is 2.84 bits per heavy atom. The number of carboxylic acid groups (broad SMARTS) is 2. The van der Waals surface area contributed by atoms with Gasteiger partial charge in [-0.05, 0) is 36.8 Å². The van der Waals surface area contributed by atoms with Crippen molar-refractivity contribution in [1.29, 1.82) is 0 Å². The van der Waals surface area contributed by atoms with E-state index in [-0.39, 0.29) is 17.2 Å². The summed E-state index contributed by atoms with van der Waals surface area (Å²) in [6.45, 7) is 0.860. The number of thioether (sulfide) groups is 1. The molecule has 2 aliphatic heterocycles. The third-order valence-corrected chi connectivity index (χ3v) is 5.61. The molecule has 12 heteroatoms. The van der Waals surface area contributed by atoms with Crippen LogP contribution in [0, 0.1) is 11.8 Å². The Hall–Kier alpha value is -3.98. The topological polar surface area (TPSA) is 159 Å². The van der Waals surface area contributed by atoms with E-state index in [1.807, 2.05) is 0 Å². The van der Waals surface area contributed by atoms with Crippen LogP contribution in [0.2, 0.25) is 0 Å². The average molecular weight is 459 g/mol. The fraction of sp³-hybridized carbons (Fsp3) is 0.250. The van der Waals surface area contributed by atoms with Crippen LogP contribution >= 0.6 is 11.8 Å². The second-order valence-electron chi connectivity index (χ2n) is 6.35. The molecule has 1 aromatic heterocycles. The molecule has 166 valence electrons. The molecule has 0 aliphatic carbocycles. The van der Waals surface area contributed by atoms with Crippen molar-refractivity contribution in [1.82, 2.24) is 10.2 Å². The summed E-state index contributed by atoms with van der Waals surface area (Å²) in [5.74, 6) is 1.66. The van der Waals surface area contributed by atoms with Crippen LogP contribution in [0.1, 0.15) is 12.7 Å². The van der Waals surface area contributed by atoms with E-state index in [0.717, 1.165) is 4.90 Å². The van der Waals surface area contributed by atoms with Crippen molar-refractivity contribution in [2.75, 3.05) is 12.4 Å². The van der Waals surface area contributed by atoms with Crippen LogP contribution < -0.4 is 5.32 Å². The lowest BCUT2D eigenvalue weighted by Crippen LogP contribution is -2.71. The molecule has 2 amide bonds. The predicted octanol–water partition coefficient (Wildman–Crippen LogP) is 0.403. The first-order valence-electron chi connectivity index (χ1n) is 9.11. The summed E-state index contributed by atoms with van der Waals surface area (Å²) in [6, 6.07) is 1.89. The zero-order valence-corrected chi connectivity index (χ0v) is 17.4. The number of furan rings is 1. The second kappa shape index (κ2) is 9.88. The number of allylic oxidation sites excluding steroid dienone is 2. The predicted molar refractivity (Wildman–Crippen MR) is 111 cm³/mol. The van der Waals surface area contributed by atoms with E-state index in [0.29, 0.717) is 11.3 Å². The summed E-state index contributed by atoms with van der Waals surface area (Å²) in [7, 11) is 0. The molecule has 0 aromatic carbocycles. The molecule has 3 heterocycles. The molecule has 11 nitrogen and oxygen atoms in total. The zero-order valence-electron chi connectivity index (χ0n) is 16.6. The van der Waals surface area contributed by atoms with Crippen molar-refractivity contribution in [2.45, 2.75) is 18.3 Å². The van der Waals surface area contributed by atoms with E-state index < -0.39 is 41.8 Å². The Labute approximate surface area is 185 Å². The van der Waals surface area contributed by atoms with Crippen LogP contribution in [0.15, 0.2) is 51.4 Å². The normalized spacial score (nSPS) is 20.2. The smallest absolute Gasteiger partial charge is 0.352 e. The van der Waals surface area contributed by atoms with Crippen LogP contribution in [-0.2, 0) is 24.0 Å². The number of amides is 2. The van der Waals surface area contributed by atoms with Crippen molar-refractivity contribution in [2.24, 2.45) is 5.16 Å². The van der Waals surface area contributed by atoms with Gasteiger partial charge in [0.2, 0.25) is 12.3 Å². The number of nitrogens with one attached hydrogen (secondary N) is 1. The minimum atomic E-state index is -1.29. The van der Waals surface area contributed by atoms with Crippen molar-refractivity contribution in [3.8, 4) is 11.8 Å².